The molecule has 1 amide bonds. The second kappa shape index (κ2) is 7.54. The van der Waals surface area contributed by atoms with Gasteiger partial charge in [0.2, 0.25) is 0 Å². The minimum atomic E-state index is -0.0770. The van der Waals surface area contributed by atoms with Crippen LogP contribution >= 0.6 is 0 Å². The van der Waals surface area contributed by atoms with Gasteiger partial charge < -0.3 is 10.1 Å². The lowest BCUT2D eigenvalue weighted by Gasteiger charge is -2.10. The molecule has 0 bridgehead atoms. The third-order valence-corrected chi connectivity index (χ3v) is 2.31. The zero-order valence-electron chi connectivity index (χ0n) is 11.1. The Bertz CT molecular complexity index is 399. The quantitative estimate of drug-likeness (QED) is 0.594. The van der Waals surface area contributed by atoms with Crippen molar-refractivity contribution in [1.29, 1.82) is 0 Å². The minimum Gasteiger partial charge on any atom is -0.493 e. The molecule has 18 heavy (non-hydrogen) atoms. The van der Waals surface area contributed by atoms with Gasteiger partial charge in [-0.15, -0.1) is 6.58 Å². The summed E-state index contributed by atoms with van der Waals surface area (Å²) < 4.78 is 5.59. The molecular formula is C15H21NO2. The highest BCUT2D eigenvalue weighted by atomic mass is 16.5. The molecular weight excluding hydrogens is 226 g/mol. The fourth-order valence-electron chi connectivity index (χ4n) is 1.38. The van der Waals surface area contributed by atoms with Crippen molar-refractivity contribution in [3.63, 3.8) is 0 Å². The van der Waals surface area contributed by atoms with E-state index < -0.39 is 0 Å². The van der Waals surface area contributed by atoms with Gasteiger partial charge in [-0.05, 0) is 30.5 Å². The first kappa shape index (κ1) is 14.3. The van der Waals surface area contributed by atoms with Crippen molar-refractivity contribution in [3.8, 4) is 5.75 Å². The van der Waals surface area contributed by atoms with E-state index in [-0.39, 0.29) is 5.91 Å². The Kier molecular flexibility index (Phi) is 5.98. The van der Waals surface area contributed by atoms with E-state index in [4.69, 9.17) is 4.74 Å². The number of rotatable bonds is 7. The summed E-state index contributed by atoms with van der Waals surface area (Å²) in [6, 6.07) is 7.25. The number of hydrogen-bond acceptors (Lipinski definition) is 2. The molecule has 0 aromatic heterocycles. The van der Waals surface area contributed by atoms with Gasteiger partial charge in [0.1, 0.15) is 5.75 Å². The average Bonchev–Trinajstić information content (AvgIpc) is 2.37. The number of ether oxygens (including phenoxy) is 1. The molecule has 0 saturated heterocycles. The van der Waals surface area contributed by atoms with E-state index in [1.165, 1.54) is 0 Å². The van der Waals surface area contributed by atoms with Crippen LogP contribution in [0.1, 0.15) is 30.6 Å². The van der Waals surface area contributed by atoms with Gasteiger partial charge >= 0.3 is 0 Å². The number of hydrogen-bond donors (Lipinski definition) is 1. The van der Waals surface area contributed by atoms with Gasteiger partial charge in [0.25, 0.3) is 5.91 Å². The Morgan fingerprint density at radius 2 is 2.28 bits per heavy atom. The summed E-state index contributed by atoms with van der Waals surface area (Å²) in [7, 11) is 0. The molecule has 0 spiro atoms. The van der Waals surface area contributed by atoms with Crippen molar-refractivity contribution in [2.24, 2.45) is 5.92 Å². The Morgan fingerprint density at radius 3 is 2.94 bits per heavy atom. The summed E-state index contributed by atoms with van der Waals surface area (Å²) in [6.45, 7) is 9.06. The molecule has 3 heteroatoms. The molecule has 98 valence electrons. The fourth-order valence-corrected chi connectivity index (χ4v) is 1.38. The van der Waals surface area contributed by atoms with Gasteiger partial charge in [-0.25, -0.2) is 0 Å². The smallest absolute Gasteiger partial charge is 0.251 e. The van der Waals surface area contributed by atoms with Crippen LogP contribution in [-0.2, 0) is 0 Å². The van der Waals surface area contributed by atoms with E-state index in [0.717, 1.165) is 12.2 Å². The zero-order valence-corrected chi connectivity index (χ0v) is 11.1. The number of nitrogens with one attached hydrogen (secondary N) is 1. The zero-order chi connectivity index (χ0) is 13.4. The Balaban J connectivity index is 2.57. The van der Waals surface area contributed by atoms with E-state index in [9.17, 15) is 4.79 Å². The number of carbonyl (C=O) groups is 1. The maximum Gasteiger partial charge on any atom is 0.251 e. The van der Waals surface area contributed by atoms with Crippen LogP contribution in [0, 0.1) is 5.92 Å². The van der Waals surface area contributed by atoms with Crippen molar-refractivity contribution in [3.05, 3.63) is 42.5 Å². The lowest BCUT2D eigenvalue weighted by Crippen LogP contribution is -2.24. The molecule has 0 aliphatic rings. The Hall–Kier alpha value is -1.77. The summed E-state index contributed by atoms with van der Waals surface area (Å²) in [4.78, 5) is 11.8. The predicted molar refractivity (Wildman–Crippen MR) is 73.9 cm³/mol. The molecule has 0 aliphatic heterocycles. The maximum atomic E-state index is 11.8. The molecule has 0 radical (unpaired) electrons. The van der Waals surface area contributed by atoms with Crippen molar-refractivity contribution >= 4 is 5.91 Å². The molecule has 0 saturated carbocycles. The first-order chi connectivity index (χ1) is 8.63. The molecule has 0 heterocycles. The minimum absolute atomic E-state index is 0.0770. The van der Waals surface area contributed by atoms with Gasteiger partial charge in [0, 0.05) is 12.1 Å². The molecule has 0 atom stereocenters. The SMILES string of the molecule is C=CCCNC(=O)c1cccc(OCC(C)C)c1. The fraction of sp³-hybridized carbons (Fsp3) is 0.400. The van der Waals surface area contributed by atoms with E-state index >= 15 is 0 Å². The standard InChI is InChI=1S/C15H21NO2/c1-4-5-9-16-15(17)13-7-6-8-14(10-13)18-11-12(2)3/h4,6-8,10,12H,1,5,9,11H2,2-3H3,(H,16,17). The van der Waals surface area contributed by atoms with E-state index in [2.05, 4.69) is 25.7 Å². The largest absolute Gasteiger partial charge is 0.493 e. The molecule has 3 nitrogen and oxygen atoms in total. The molecule has 1 aromatic rings. The lowest BCUT2D eigenvalue weighted by atomic mass is 10.2. The number of amides is 1. The Labute approximate surface area is 109 Å². The molecule has 1 N–H and O–H groups in total. The molecule has 0 unspecified atom stereocenters. The van der Waals surface area contributed by atoms with Gasteiger partial charge in [0.15, 0.2) is 0 Å². The highest BCUT2D eigenvalue weighted by Gasteiger charge is 2.06. The lowest BCUT2D eigenvalue weighted by molar-refractivity contribution is 0.0954. The highest BCUT2D eigenvalue weighted by Crippen LogP contribution is 2.14. The summed E-state index contributed by atoms with van der Waals surface area (Å²) in [5, 5.41) is 2.83. The monoisotopic (exact) mass is 247 g/mol. The third kappa shape index (κ3) is 5.04. The van der Waals surface area contributed by atoms with Crippen LogP contribution in [0.3, 0.4) is 0 Å². The third-order valence-electron chi connectivity index (χ3n) is 2.31. The van der Waals surface area contributed by atoms with Crippen molar-refractivity contribution in [1.82, 2.24) is 5.32 Å². The first-order valence-electron chi connectivity index (χ1n) is 6.25. The molecule has 0 fully saturated rings. The summed E-state index contributed by atoms with van der Waals surface area (Å²) in [5.41, 5.74) is 0.625. The summed E-state index contributed by atoms with van der Waals surface area (Å²) in [5.74, 6) is 1.13. The number of benzene rings is 1. The van der Waals surface area contributed by atoms with Crippen molar-refractivity contribution < 1.29 is 9.53 Å². The van der Waals surface area contributed by atoms with Crippen molar-refractivity contribution in [2.45, 2.75) is 20.3 Å². The van der Waals surface area contributed by atoms with E-state index in [1.54, 1.807) is 18.2 Å². The van der Waals surface area contributed by atoms with Gasteiger partial charge in [-0.2, -0.15) is 0 Å². The highest BCUT2D eigenvalue weighted by molar-refractivity contribution is 5.94. The van der Waals surface area contributed by atoms with Crippen LogP contribution in [-0.4, -0.2) is 19.1 Å². The van der Waals surface area contributed by atoms with Crippen LogP contribution < -0.4 is 10.1 Å². The molecule has 0 aliphatic carbocycles. The molecule has 1 rings (SSSR count). The number of carbonyl (C=O) groups excluding carboxylic acids is 1. The summed E-state index contributed by atoms with van der Waals surface area (Å²) in [6.07, 6.45) is 2.55. The second-order valence-corrected chi connectivity index (χ2v) is 4.57. The van der Waals surface area contributed by atoms with E-state index in [0.29, 0.717) is 24.6 Å². The van der Waals surface area contributed by atoms with Crippen LogP contribution in [0.4, 0.5) is 0 Å². The normalized spacial score (nSPS) is 10.2. The summed E-state index contributed by atoms with van der Waals surface area (Å²) >= 11 is 0. The Morgan fingerprint density at radius 1 is 1.50 bits per heavy atom. The molecule has 1 aromatic carbocycles. The van der Waals surface area contributed by atoms with E-state index in [1.807, 2.05) is 12.1 Å². The second-order valence-electron chi connectivity index (χ2n) is 4.57. The van der Waals surface area contributed by atoms with Gasteiger partial charge in [0.05, 0.1) is 6.61 Å². The predicted octanol–water partition coefficient (Wildman–Crippen LogP) is 3.03. The van der Waals surface area contributed by atoms with Gasteiger partial charge in [-0.1, -0.05) is 26.0 Å². The van der Waals surface area contributed by atoms with Crippen molar-refractivity contribution in [2.75, 3.05) is 13.2 Å². The van der Waals surface area contributed by atoms with Gasteiger partial charge in [-0.3, -0.25) is 4.79 Å². The van der Waals surface area contributed by atoms with Crippen LogP contribution in [0.2, 0.25) is 0 Å². The van der Waals surface area contributed by atoms with Crippen LogP contribution in [0.25, 0.3) is 0 Å². The first-order valence-corrected chi connectivity index (χ1v) is 6.25. The maximum absolute atomic E-state index is 11.8. The topological polar surface area (TPSA) is 38.3 Å². The van der Waals surface area contributed by atoms with Crippen LogP contribution in [0.5, 0.6) is 5.75 Å². The van der Waals surface area contributed by atoms with Crippen LogP contribution in [0.15, 0.2) is 36.9 Å². The average molecular weight is 247 g/mol.